The van der Waals surface area contributed by atoms with E-state index >= 15 is 0 Å². The molecule has 0 saturated heterocycles. The highest BCUT2D eigenvalue weighted by Gasteiger charge is 2.42. The number of hydrazine groups is 1. The van der Waals surface area contributed by atoms with E-state index in [0.717, 1.165) is 9.13 Å². The van der Waals surface area contributed by atoms with Crippen LogP contribution in [0.25, 0.3) is 5.70 Å². The predicted octanol–water partition coefficient (Wildman–Crippen LogP) is 3.01. The van der Waals surface area contributed by atoms with Gasteiger partial charge in [-0.25, -0.2) is 5.43 Å². The zero-order chi connectivity index (χ0) is 12.6. The van der Waals surface area contributed by atoms with Crippen LogP contribution < -0.4 is 5.43 Å². The average Bonchev–Trinajstić information content (AvgIpc) is 2.61. The van der Waals surface area contributed by atoms with Gasteiger partial charge in [0, 0.05) is 10.6 Å². The molecule has 1 unspecified atom stereocenters. The van der Waals surface area contributed by atoms with Gasteiger partial charge in [0.2, 0.25) is 0 Å². The minimum Gasteiger partial charge on any atom is -0.310 e. The molecule has 0 aliphatic carbocycles. The van der Waals surface area contributed by atoms with Crippen molar-refractivity contribution in [1.82, 2.24) is 10.4 Å². The van der Waals surface area contributed by atoms with E-state index < -0.39 is 12.2 Å². The van der Waals surface area contributed by atoms with Crippen molar-refractivity contribution in [3.63, 3.8) is 0 Å². The third kappa shape index (κ3) is 2.74. The molecule has 2 nitrogen and oxygen atoms in total. The number of hydrogen-bond acceptors (Lipinski definition) is 2. The number of nitrogens with zero attached hydrogens (tertiary/aromatic N) is 1. The maximum absolute atomic E-state index is 12.6. The lowest BCUT2D eigenvalue weighted by atomic mass is 10.1. The molecule has 92 valence electrons. The zero-order valence-corrected chi connectivity index (χ0v) is 11.1. The van der Waals surface area contributed by atoms with Crippen LogP contribution in [-0.4, -0.2) is 24.3 Å². The number of halogens is 4. The van der Waals surface area contributed by atoms with Gasteiger partial charge in [-0.2, -0.15) is 13.2 Å². The van der Waals surface area contributed by atoms with Crippen LogP contribution in [0.1, 0.15) is 5.56 Å². The molecule has 6 heteroatoms. The number of nitrogens with one attached hydrogen (secondary N) is 1. The first-order valence-corrected chi connectivity index (χ1v) is 6.00. The fourth-order valence-electron chi connectivity index (χ4n) is 1.66. The molecule has 1 aromatic carbocycles. The summed E-state index contributed by atoms with van der Waals surface area (Å²) in [6, 6.07) is 5.74. The molecule has 1 atom stereocenters. The Labute approximate surface area is 111 Å². The zero-order valence-electron chi connectivity index (χ0n) is 8.92. The standard InChI is InChI=1S/C11H10F3IN2/c1-17-9(6-10(16-17)11(12,13)14)7-2-4-8(15)5-3-7/h2-6,10,16H,1H3. The van der Waals surface area contributed by atoms with Gasteiger partial charge in [-0.05, 0) is 46.4 Å². The molecule has 2 rings (SSSR count). The Bertz CT molecular complexity index is 439. The topological polar surface area (TPSA) is 15.3 Å². The van der Waals surface area contributed by atoms with Crippen LogP contribution >= 0.6 is 22.6 Å². The van der Waals surface area contributed by atoms with Crippen molar-refractivity contribution >= 4 is 28.3 Å². The molecule has 0 saturated carbocycles. The molecular weight excluding hydrogens is 344 g/mol. The summed E-state index contributed by atoms with van der Waals surface area (Å²) in [6.07, 6.45) is -3.07. The molecule has 0 fully saturated rings. The molecule has 0 amide bonds. The second-order valence-corrected chi connectivity index (χ2v) is 5.01. The van der Waals surface area contributed by atoms with E-state index in [-0.39, 0.29) is 0 Å². The van der Waals surface area contributed by atoms with Crippen LogP contribution in [0.5, 0.6) is 0 Å². The molecule has 0 spiro atoms. The van der Waals surface area contributed by atoms with Crippen LogP contribution in [0.3, 0.4) is 0 Å². The molecule has 17 heavy (non-hydrogen) atoms. The van der Waals surface area contributed by atoms with Crippen molar-refractivity contribution in [1.29, 1.82) is 0 Å². The first-order valence-electron chi connectivity index (χ1n) is 4.92. The Balaban J connectivity index is 2.29. The number of alkyl halides is 3. The van der Waals surface area contributed by atoms with Crippen molar-refractivity contribution in [2.45, 2.75) is 12.2 Å². The highest BCUT2D eigenvalue weighted by molar-refractivity contribution is 14.1. The van der Waals surface area contributed by atoms with Gasteiger partial charge in [0.05, 0.1) is 5.70 Å². The van der Waals surface area contributed by atoms with Gasteiger partial charge >= 0.3 is 6.18 Å². The maximum atomic E-state index is 12.6. The Morgan fingerprint density at radius 2 is 1.82 bits per heavy atom. The molecule has 1 aliphatic rings. The summed E-state index contributed by atoms with van der Waals surface area (Å²) in [7, 11) is 1.58. The van der Waals surface area contributed by atoms with Gasteiger partial charge in [-0.1, -0.05) is 12.1 Å². The number of benzene rings is 1. The lowest BCUT2D eigenvalue weighted by Crippen LogP contribution is -2.42. The van der Waals surface area contributed by atoms with Gasteiger partial charge in [0.15, 0.2) is 0 Å². The monoisotopic (exact) mass is 354 g/mol. The van der Waals surface area contributed by atoms with Crippen LogP contribution in [0.15, 0.2) is 30.3 Å². The van der Waals surface area contributed by atoms with Crippen molar-refractivity contribution in [2.75, 3.05) is 7.05 Å². The Kier molecular flexibility index (Phi) is 3.35. The molecule has 0 aromatic heterocycles. The van der Waals surface area contributed by atoms with Crippen LogP contribution in [0.2, 0.25) is 0 Å². The third-order valence-corrected chi connectivity index (χ3v) is 3.23. The second kappa shape index (κ2) is 4.49. The highest BCUT2D eigenvalue weighted by Crippen LogP contribution is 2.30. The van der Waals surface area contributed by atoms with E-state index in [1.807, 2.05) is 24.3 Å². The number of rotatable bonds is 1. The van der Waals surface area contributed by atoms with Crippen LogP contribution in [0, 0.1) is 3.57 Å². The average molecular weight is 354 g/mol. The summed E-state index contributed by atoms with van der Waals surface area (Å²) in [4.78, 5) is 0. The quantitative estimate of drug-likeness (QED) is 0.781. The summed E-state index contributed by atoms with van der Waals surface area (Å²) >= 11 is 2.15. The summed E-state index contributed by atoms with van der Waals surface area (Å²) in [5.41, 5.74) is 3.69. The molecular formula is C11H10F3IN2. The summed E-state index contributed by atoms with van der Waals surface area (Å²) in [5.74, 6) is 0. The van der Waals surface area contributed by atoms with Crippen LogP contribution in [0.4, 0.5) is 13.2 Å². The lowest BCUT2D eigenvalue weighted by Gasteiger charge is -2.19. The fraction of sp³-hybridized carbons (Fsp3) is 0.273. The Hall–Kier alpha value is -0.760. The Morgan fingerprint density at radius 1 is 1.24 bits per heavy atom. The molecule has 1 heterocycles. The van der Waals surface area contributed by atoms with Crippen LogP contribution in [-0.2, 0) is 0 Å². The third-order valence-electron chi connectivity index (χ3n) is 2.51. The first kappa shape index (κ1) is 12.7. The van der Waals surface area contributed by atoms with E-state index in [0.29, 0.717) is 5.70 Å². The molecule has 0 bridgehead atoms. The lowest BCUT2D eigenvalue weighted by molar-refractivity contribution is -0.148. The van der Waals surface area contributed by atoms with E-state index in [1.165, 1.54) is 11.1 Å². The summed E-state index contributed by atoms with van der Waals surface area (Å²) in [6.45, 7) is 0. The molecule has 1 aromatic rings. The van der Waals surface area contributed by atoms with Crippen molar-refractivity contribution in [2.24, 2.45) is 0 Å². The van der Waals surface area contributed by atoms with Crippen molar-refractivity contribution in [3.05, 3.63) is 39.5 Å². The second-order valence-electron chi connectivity index (χ2n) is 3.77. The van der Waals surface area contributed by atoms with Gasteiger partial charge in [-0.15, -0.1) is 0 Å². The Morgan fingerprint density at radius 3 is 2.29 bits per heavy atom. The number of hydrogen-bond donors (Lipinski definition) is 1. The first-order chi connectivity index (χ1) is 7.88. The van der Waals surface area contributed by atoms with E-state index in [1.54, 1.807) is 7.05 Å². The van der Waals surface area contributed by atoms with E-state index in [2.05, 4.69) is 28.0 Å². The van der Waals surface area contributed by atoms with Crippen molar-refractivity contribution in [3.8, 4) is 0 Å². The van der Waals surface area contributed by atoms with Gasteiger partial charge in [0.25, 0.3) is 0 Å². The van der Waals surface area contributed by atoms with Gasteiger partial charge < -0.3 is 5.01 Å². The van der Waals surface area contributed by atoms with Gasteiger partial charge in [-0.3, -0.25) is 0 Å². The van der Waals surface area contributed by atoms with E-state index in [9.17, 15) is 13.2 Å². The highest BCUT2D eigenvalue weighted by atomic mass is 127. The molecule has 1 N–H and O–H groups in total. The minimum absolute atomic E-state index is 0.545. The molecule has 0 radical (unpaired) electrons. The van der Waals surface area contributed by atoms with E-state index in [4.69, 9.17) is 0 Å². The SMILES string of the molecule is CN1NC(C(F)(F)F)C=C1c1ccc(I)cc1. The minimum atomic E-state index is -4.26. The summed E-state index contributed by atoms with van der Waals surface area (Å²) < 4.78 is 38.7. The van der Waals surface area contributed by atoms with Gasteiger partial charge in [0.1, 0.15) is 6.04 Å². The fourth-order valence-corrected chi connectivity index (χ4v) is 2.02. The normalized spacial score (nSPS) is 20.6. The maximum Gasteiger partial charge on any atom is 0.409 e. The predicted molar refractivity (Wildman–Crippen MR) is 67.9 cm³/mol. The van der Waals surface area contributed by atoms with Crippen molar-refractivity contribution < 1.29 is 13.2 Å². The summed E-state index contributed by atoms with van der Waals surface area (Å²) in [5, 5.41) is 1.40. The molecule has 1 aliphatic heterocycles. The smallest absolute Gasteiger partial charge is 0.310 e. The largest absolute Gasteiger partial charge is 0.409 e.